The van der Waals surface area contributed by atoms with Crippen LogP contribution in [0.15, 0.2) is 27.7 Å². The molecule has 0 amide bonds. The van der Waals surface area contributed by atoms with Crippen LogP contribution in [-0.2, 0) is 16.6 Å². The zero-order valence-corrected chi connectivity index (χ0v) is 13.9. The summed E-state index contributed by atoms with van der Waals surface area (Å²) in [6.07, 6.45) is 1.51. The molecular weight excluding hydrogens is 360 g/mol. The lowest BCUT2D eigenvalue weighted by molar-refractivity contribution is 0.267. The number of pyridine rings is 1. The lowest BCUT2D eigenvalue weighted by Crippen LogP contribution is -2.16. The van der Waals surface area contributed by atoms with Gasteiger partial charge in [0, 0.05) is 10.7 Å². The number of sulfonamides is 1. The highest BCUT2D eigenvalue weighted by atomic mass is 79.9. The van der Waals surface area contributed by atoms with Crippen LogP contribution in [0.4, 0.5) is 5.82 Å². The van der Waals surface area contributed by atoms with Crippen molar-refractivity contribution < 1.29 is 13.5 Å². The number of nitrogens with one attached hydrogen (secondary N) is 1. The van der Waals surface area contributed by atoms with Crippen LogP contribution in [0.2, 0.25) is 0 Å². The Hall–Kier alpha value is -1.45. The summed E-state index contributed by atoms with van der Waals surface area (Å²) in [7, 11) is -3.78. The van der Waals surface area contributed by atoms with Crippen LogP contribution in [-0.4, -0.2) is 34.9 Å². The summed E-state index contributed by atoms with van der Waals surface area (Å²) in [6.45, 7) is 3.41. The van der Waals surface area contributed by atoms with Crippen molar-refractivity contribution in [3.05, 3.63) is 34.2 Å². The number of aliphatic hydroxyl groups excluding tert-OH is 1. The van der Waals surface area contributed by atoms with Crippen molar-refractivity contribution in [2.75, 3.05) is 11.3 Å². The van der Waals surface area contributed by atoms with Crippen molar-refractivity contribution >= 4 is 31.8 Å². The first-order chi connectivity index (χ1) is 9.85. The zero-order chi connectivity index (χ0) is 15.6. The first-order valence-electron chi connectivity index (χ1n) is 6.14. The number of nitrogens with zero attached hydrogens (tertiary/aromatic N) is 3. The summed E-state index contributed by atoms with van der Waals surface area (Å²) < 4.78 is 29.6. The van der Waals surface area contributed by atoms with E-state index in [0.29, 0.717) is 11.4 Å². The summed E-state index contributed by atoms with van der Waals surface area (Å²) in [5.74, 6) is 0.229. The highest BCUT2D eigenvalue weighted by molar-refractivity contribution is 9.10. The van der Waals surface area contributed by atoms with Gasteiger partial charge in [-0.15, -0.1) is 0 Å². The van der Waals surface area contributed by atoms with Gasteiger partial charge in [0.05, 0.1) is 24.5 Å². The third-order valence-electron chi connectivity index (χ3n) is 2.86. The quantitative estimate of drug-likeness (QED) is 0.825. The van der Waals surface area contributed by atoms with Crippen molar-refractivity contribution in [1.29, 1.82) is 0 Å². The monoisotopic (exact) mass is 374 g/mol. The van der Waals surface area contributed by atoms with Gasteiger partial charge >= 0.3 is 0 Å². The van der Waals surface area contributed by atoms with E-state index in [9.17, 15) is 8.42 Å². The maximum atomic E-state index is 12.5. The second-order valence-corrected chi connectivity index (χ2v) is 6.95. The van der Waals surface area contributed by atoms with Gasteiger partial charge in [-0.05, 0) is 41.9 Å². The fourth-order valence-corrected chi connectivity index (χ4v) is 3.66. The van der Waals surface area contributed by atoms with E-state index in [0.717, 1.165) is 4.47 Å². The van der Waals surface area contributed by atoms with Gasteiger partial charge in [0.15, 0.2) is 0 Å². The van der Waals surface area contributed by atoms with Crippen molar-refractivity contribution in [3.63, 3.8) is 0 Å². The molecule has 0 aromatic carbocycles. The molecule has 0 aliphatic heterocycles. The molecule has 0 aliphatic carbocycles. The lowest BCUT2D eigenvalue weighted by atomic mass is 10.4. The number of halogens is 1. The molecule has 0 bridgehead atoms. The van der Waals surface area contributed by atoms with E-state index in [4.69, 9.17) is 5.11 Å². The van der Waals surface area contributed by atoms with Gasteiger partial charge in [-0.1, -0.05) is 0 Å². The van der Waals surface area contributed by atoms with Crippen molar-refractivity contribution in [1.82, 2.24) is 14.8 Å². The predicted octanol–water partition coefficient (Wildman–Crippen LogP) is 1.45. The standard InChI is InChI=1S/C12H15BrN4O3S/c1-8-12(9(2)17(15-8)5-6-18)21(19,20)16-11-4-3-10(13)7-14-11/h3-4,7,18H,5-6H2,1-2H3,(H,14,16). The summed E-state index contributed by atoms with van der Waals surface area (Å²) in [4.78, 5) is 4.10. The molecule has 0 radical (unpaired) electrons. The fraction of sp³-hybridized carbons (Fsp3) is 0.333. The molecule has 0 fully saturated rings. The van der Waals surface area contributed by atoms with Crippen LogP contribution < -0.4 is 4.72 Å². The number of aryl methyl sites for hydroxylation is 1. The van der Waals surface area contributed by atoms with Crippen LogP contribution in [0.25, 0.3) is 0 Å². The third-order valence-corrected chi connectivity index (χ3v) is 4.94. The Balaban J connectivity index is 2.38. The van der Waals surface area contributed by atoms with E-state index in [1.54, 1.807) is 26.0 Å². The van der Waals surface area contributed by atoms with Crippen LogP contribution in [0.1, 0.15) is 11.4 Å². The minimum absolute atomic E-state index is 0.108. The van der Waals surface area contributed by atoms with E-state index < -0.39 is 10.0 Å². The highest BCUT2D eigenvalue weighted by Gasteiger charge is 2.24. The summed E-state index contributed by atoms with van der Waals surface area (Å²) in [5, 5.41) is 13.1. The van der Waals surface area contributed by atoms with Gasteiger partial charge in [-0.3, -0.25) is 9.40 Å². The second-order valence-electron chi connectivity index (χ2n) is 4.41. The van der Waals surface area contributed by atoms with Gasteiger partial charge in [-0.25, -0.2) is 13.4 Å². The summed E-state index contributed by atoms with van der Waals surface area (Å²) in [6, 6.07) is 3.25. The van der Waals surface area contributed by atoms with Gasteiger partial charge in [0.25, 0.3) is 10.0 Å². The molecule has 2 heterocycles. The second kappa shape index (κ2) is 6.12. The highest BCUT2D eigenvalue weighted by Crippen LogP contribution is 2.22. The predicted molar refractivity (Wildman–Crippen MR) is 81.5 cm³/mol. The molecule has 0 unspecified atom stereocenters. The van der Waals surface area contributed by atoms with Gasteiger partial charge in [0.2, 0.25) is 0 Å². The number of hydrogen-bond acceptors (Lipinski definition) is 5. The van der Waals surface area contributed by atoms with E-state index in [1.165, 1.54) is 10.9 Å². The molecule has 21 heavy (non-hydrogen) atoms. The van der Waals surface area contributed by atoms with E-state index in [2.05, 4.69) is 30.7 Å². The summed E-state index contributed by atoms with van der Waals surface area (Å²) in [5.41, 5.74) is 0.858. The van der Waals surface area contributed by atoms with Crippen LogP contribution in [0, 0.1) is 13.8 Å². The Morgan fingerprint density at radius 3 is 2.67 bits per heavy atom. The van der Waals surface area contributed by atoms with Crippen LogP contribution in [0.3, 0.4) is 0 Å². The first kappa shape index (κ1) is 15.9. The van der Waals surface area contributed by atoms with Crippen molar-refractivity contribution in [2.45, 2.75) is 25.3 Å². The molecule has 0 aliphatic rings. The number of aliphatic hydroxyl groups is 1. The number of rotatable bonds is 5. The molecular formula is C12H15BrN4O3S. The molecule has 9 heteroatoms. The SMILES string of the molecule is Cc1nn(CCO)c(C)c1S(=O)(=O)Nc1ccc(Br)cn1. The first-order valence-corrected chi connectivity index (χ1v) is 8.42. The minimum atomic E-state index is -3.78. The Morgan fingerprint density at radius 2 is 2.10 bits per heavy atom. The smallest absolute Gasteiger partial charge is 0.266 e. The topological polar surface area (TPSA) is 97.1 Å². The number of aromatic nitrogens is 3. The number of hydrogen-bond donors (Lipinski definition) is 2. The van der Waals surface area contributed by atoms with Crippen LogP contribution in [0.5, 0.6) is 0 Å². The van der Waals surface area contributed by atoms with E-state index in [1.807, 2.05) is 0 Å². The molecule has 0 atom stereocenters. The summed E-state index contributed by atoms with van der Waals surface area (Å²) >= 11 is 3.24. The Kier molecular flexibility index (Phi) is 4.64. The molecule has 2 N–H and O–H groups in total. The van der Waals surface area contributed by atoms with Crippen molar-refractivity contribution in [3.8, 4) is 0 Å². The maximum Gasteiger partial charge on any atom is 0.266 e. The normalized spacial score (nSPS) is 11.6. The average molecular weight is 375 g/mol. The molecule has 0 saturated carbocycles. The minimum Gasteiger partial charge on any atom is -0.394 e. The average Bonchev–Trinajstić information content (AvgIpc) is 2.68. The molecule has 0 spiro atoms. The fourth-order valence-electron chi connectivity index (χ4n) is 2.01. The molecule has 7 nitrogen and oxygen atoms in total. The van der Waals surface area contributed by atoms with Gasteiger partial charge < -0.3 is 5.11 Å². The molecule has 0 saturated heterocycles. The number of anilines is 1. The lowest BCUT2D eigenvalue weighted by Gasteiger charge is -2.08. The van der Waals surface area contributed by atoms with Gasteiger partial charge in [0.1, 0.15) is 10.7 Å². The van der Waals surface area contributed by atoms with Crippen molar-refractivity contribution in [2.24, 2.45) is 0 Å². The molecule has 114 valence electrons. The largest absolute Gasteiger partial charge is 0.394 e. The maximum absolute atomic E-state index is 12.5. The Bertz CT molecular complexity index is 741. The zero-order valence-electron chi connectivity index (χ0n) is 11.5. The molecule has 2 aromatic heterocycles. The van der Waals surface area contributed by atoms with E-state index in [-0.39, 0.29) is 23.9 Å². The molecule has 2 aromatic rings. The van der Waals surface area contributed by atoms with E-state index >= 15 is 0 Å². The third kappa shape index (κ3) is 3.42. The Morgan fingerprint density at radius 1 is 1.38 bits per heavy atom. The van der Waals surface area contributed by atoms with Gasteiger partial charge in [-0.2, -0.15) is 5.10 Å². The Labute approximate surface area is 131 Å². The molecule has 2 rings (SSSR count). The van der Waals surface area contributed by atoms with Crippen LogP contribution >= 0.6 is 15.9 Å².